The van der Waals surface area contributed by atoms with E-state index in [2.05, 4.69) is 0 Å². The monoisotopic (exact) mass is 558 g/mol. The van der Waals surface area contributed by atoms with Crippen molar-refractivity contribution in [2.45, 2.75) is 95.6 Å². The second-order valence-corrected chi connectivity index (χ2v) is 11.8. The molecule has 5 rings (SSSR count). The zero-order chi connectivity index (χ0) is 28.9. The summed E-state index contributed by atoms with van der Waals surface area (Å²) in [6.07, 6.45) is 11.7. The first-order valence-corrected chi connectivity index (χ1v) is 15.3. The molecular weight excluding hydrogens is 514 g/mol. The molecule has 3 atom stereocenters. The highest BCUT2D eigenvalue weighted by Crippen LogP contribution is 2.47. The number of benzene rings is 2. The van der Waals surface area contributed by atoms with E-state index in [9.17, 15) is 9.59 Å². The van der Waals surface area contributed by atoms with Gasteiger partial charge in [-0.25, -0.2) is 9.59 Å². The standard InChI is InChI=1S/C35H44NO5/c1-4-14-27(15-5-2)26(3)39-34(38)41-35(28-16-8-6-9-17-28,29-18-10-7-11-19-29)33(37)40-32-24-30-20-21-31(25-32)36(30)22-12-13-23-36/h4,6-11,14-19,26,30-32H,5,12-13,20-25H2,1-3H3/q+1/b14-4-,27-15+. The van der Waals surface area contributed by atoms with E-state index >= 15 is 0 Å². The van der Waals surface area contributed by atoms with E-state index in [4.69, 9.17) is 14.2 Å². The molecule has 218 valence electrons. The molecule has 2 bridgehead atoms. The lowest BCUT2D eigenvalue weighted by Gasteiger charge is -2.47. The normalized spacial score (nSPS) is 24.4. The highest BCUT2D eigenvalue weighted by molar-refractivity contribution is 5.88. The Kier molecular flexibility index (Phi) is 8.98. The number of esters is 1. The van der Waals surface area contributed by atoms with Crippen molar-refractivity contribution in [3.05, 3.63) is 95.6 Å². The summed E-state index contributed by atoms with van der Waals surface area (Å²) < 4.78 is 19.5. The lowest BCUT2D eigenvalue weighted by atomic mass is 9.85. The van der Waals surface area contributed by atoms with E-state index in [0.29, 0.717) is 23.2 Å². The molecule has 3 fully saturated rings. The summed E-state index contributed by atoms with van der Waals surface area (Å²) in [4.78, 5) is 28.0. The van der Waals surface area contributed by atoms with Crippen LogP contribution in [0.15, 0.2) is 84.5 Å². The first-order valence-electron chi connectivity index (χ1n) is 15.3. The van der Waals surface area contributed by atoms with Crippen LogP contribution in [0.3, 0.4) is 0 Å². The Morgan fingerprint density at radius 2 is 1.51 bits per heavy atom. The molecule has 3 aliphatic heterocycles. The molecule has 6 nitrogen and oxygen atoms in total. The third kappa shape index (κ3) is 5.72. The summed E-state index contributed by atoms with van der Waals surface area (Å²) in [5, 5.41) is 0. The molecule has 0 saturated carbocycles. The van der Waals surface area contributed by atoms with Crippen molar-refractivity contribution in [1.82, 2.24) is 0 Å². The fraction of sp³-hybridized carbons (Fsp3) is 0.486. The maximum atomic E-state index is 14.5. The molecule has 0 amide bonds. The van der Waals surface area contributed by atoms with Gasteiger partial charge in [-0.2, -0.15) is 0 Å². The Bertz CT molecular complexity index is 1190. The summed E-state index contributed by atoms with van der Waals surface area (Å²) in [6.45, 7) is 8.27. The van der Waals surface area contributed by atoms with E-state index in [1.54, 1.807) is 0 Å². The van der Waals surface area contributed by atoms with Crippen LogP contribution < -0.4 is 0 Å². The van der Waals surface area contributed by atoms with Crippen LogP contribution in [-0.2, 0) is 24.6 Å². The predicted molar refractivity (Wildman–Crippen MR) is 159 cm³/mol. The predicted octanol–water partition coefficient (Wildman–Crippen LogP) is 7.23. The first-order chi connectivity index (χ1) is 19.9. The van der Waals surface area contributed by atoms with Gasteiger partial charge >= 0.3 is 12.1 Å². The number of nitrogens with zero attached hydrogens (tertiary/aromatic N) is 1. The van der Waals surface area contributed by atoms with Gasteiger partial charge in [0.1, 0.15) is 12.2 Å². The average molecular weight is 559 g/mol. The number of ether oxygens (including phenoxy) is 3. The summed E-state index contributed by atoms with van der Waals surface area (Å²) in [5.41, 5.74) is 0.127. The summed E-state index contributed by atoms with van der Waals surface area (Å²) >= 11 is 0. The topological polar surface area (TPSA) is 61.8 Å². The Morgan fingerprint density at radius 3 is 2.02 bits per heavy atom. The van der Waals surface area contributed by atoms with Gasteiger partial charge in [0.2, 0.25) is 0 Å². The number of quaternary nitrogens is 1. The number of allylic oxidation sites excluding steroid dienone is 2. The van der Waals surface area contributed by atoms with Crippen molar-refractivity contribution in [3.8, 4) is 0 Å². The Labute approximate surface area is 244 Å². The molecule has 2 aromatic rings. The minimum Gasteiger partial charge on any atom is -0.458 e. The Balaban J connectivity index is 1.45. The number of carbonyl (C=O) groups is 2. The third-order valence-corrected chi connectivity index (χ3v) is 9.46. The van der Waals surface area contributed by atoms with Crippen molar-refractivity contribution >= 4 is 12.1 Å². The minimum atomic E-state index is -1.80. The van der Waals surface area contributed by atoms with E-state index < -0.39 is 23.8 Å². The molecule has 1 spiro atoms. The van der Waals surface area contributed by atoms with Crippen molar-refractivity contribution < 1.29 is 28.3 Å². The first kappa shape index (κ1) is 29.1. The fourth-order valence-electron chi connectivity index (χ4n) is 7.61. The average Bonchev–Trinajstić information content (AvgIpc) is 3.53. The van der Waals surface area contributed by atoms with Gasteiger partial charge in [-0.15, -0.1) is 0 Å². The van der Waals surface area contributed by atoms with Gasteiger partial charge in [0.25, 0.3) is 5.60 Å². The second kappa shape index (κ2) is 12.6. The minimum absolute atomic E-state index is 0.205. The Hall–Kier alpha value is -3.38. The molecular formula is C35H44NO5+. The lowest BCUT2D eigenvalue weighted by Crippen LogP contribution is -2.60. The SMILES string of the molecule is C/C=C\C(=C/CC)C(C)OC(=O)OC(C(=O)OC1CC2CCC(C1)[N+]21CCCC1)(c1ccccc1)c1ccccc1. The molecule has 3 aliphatic rings. The summed E-state index contributed by atoms with van der Waals surface area (Å²) in [6, 6.07) is 19.4. The van der Waals surface area contributed by atoms with E-state index in [0.717, 1.165) is 24.8 Å². The van der Waals surface area contributed by atoms with Crippen LogP contribution in [0.1, 0.15) is 76.8 Å². The van der Waals surface area contributed by atoms with Crippen LogP contribution in [0, 0.1) is 0 Å². The van der Waals surface area contributed by atoms with Gasteiger partial charge in [0.05, 0.1) is 25.2 Å². The van der Waals surface area contributed by atoms with Crippen molar-refractivity contribution in [2.24, 2.45) is 0 Å². The third-order valence-electron chi connectivity index (χ3n) is 9.46. The van der Waals surface area contributed by atoms with E-state index in [-0.39, 0.29) is 6.10 Å². The quantitative estimate of drug-likeness (QED) is 0.185. The van der Waals surface area contributed by atoms with Gasteiger partial charge in [0, 0.05) is 49.7 Å². The van der Waals surface area contributed by atoms with Gasteiger partial charge in [-0.3, -0.25) is 0 Å². The number of piperidine rings is 1. The smallest absolute Gasteiger partial charge is 0.458 e. The van der Waals surface area contributed by atoms with Crippen LogP contribution in [0.25, 0.3) is 0 Å². The zero-order valence-corrected chi connectivity index (χ0v) is 24.7. The summed E-state index contributed by atoms with van der Waals surface area (Å²) in [7, 11) is 0. The molecule has 0 radical (unpaired) electrons. The van der Waals surface area contributed by atoms with E-state index in [1.807, 2.05) is 99.7 Å². The molecule has 3 saturated heterocycles. The summed E-state index contributed by atoms with van der Waals surface area (Å²) in [5.74, 6) is -0.573. The Morgan fingerprint density at radius 1 is 0.951 bits per heavy atom. The maximum Gasteiger partial charge on any atom is 0.510 e. The van der Waals surface area contributed by atoms with E-state index in [1.165, 1.54) is 43.3 Å². The van der Waals surface area contributed by atoms with Crippen LogP contribution in [0.2, 0.25) is 0 Å². The largest absolute Gasteiger partial charge is 0.510 e. The number of hydrogen-bond donors (Lipinski definition) is 0. The highest BCUT2D eigenvalue weighted by Gasteiger charge is 2.57. The van der Waals surface area contributed by atoms with Crippen LogP contribution in [0.5, 0.6) is 0 Å². The van der Waals surface area contributed by atoms with Gasteiger partial charge < -0.3 is 18.7 Å². The van der Waals surface area contributed by atoms with Crippen LogP contribution >= 0.6 is 0 Å². The number of carbonyl (C=O) groups excluding carboxylic acids is 2. The lowest BCUT2D eigenvalue weighted by molar-refractivity contribution is -0.956. The number of rotatable bonds is 9. The highest BCUT2D eigenvalue weighted by atomic mass is 16.7. The van der Waals surface area contributed by atoms with Gasteiger partial charge in [-0.1, -0.05) is 85.8 Å². The van der Waals surface area contributed by atoms with Crippen molar-refractivity contribution in [3.63, 3.8) is 0 Å². The molecule has 0 aliphatic carbocycles. The molecule has 41 heavy (non-hydrogen) atoms. The molecule has 6 heteroatoms. The fourth-order valence-corrected chi connectivity index (χ4v) is 7.61. The van der Waals surface area contributed by atoms with Crippen molar-refractivity contribution in [1.29, 1.82) is 0 Å². The van der Waals surface area contributed by atoms with Gasteiger partial charge in [-0.05, 0) is 25.8 Å². The maximum absolute atomic E-state index is 14.5. The number of hydrogen-bond acceptors (Lipinski definition) is 5. The molecule has 0 aromatic heterocycles. The molecule has 3 unspecified atom stereocenters. The molecule has 0 N–H and O–H groups in total. The molecule has 3 heterocycles. The second-order valence-electron chi connectivity index (χ2n) is 11.8. The zero-order valence-electron chi connectivity index (χ0n) is 24.7. The van der Waals surface area contributed by atoms with Crippen LogP contribution in [0.4, 0.5) is 4.79 Å². The van der Waals surface area contributed by atoms with Crippen molar-refractivity contribution in [2.75, 3.05) is 13.1 Å². The molecule has 2 aromatic carbocycles. The van der Waals surface area contributed by atoms with Gasteiger partial charge in [0.15, 0.2) is 0 Å². The van der Waals surface area contributed by atoms with Crippen LogP contribution in [-0.4, -0.2) is 54.0 Å².